The van der Waals surface area contributed by atoms with Crippen LogP contribution in [-0.2, 0) is 0 Å². The number of carbonyl (C=O) groups is 1. The lowest BCUT2D eigenvalue weighted by Crippen LogP contribution is -2.00. The largest absolute Gasteiger partial charge is 0.497 e. The van der Waals surface area contributed by atoms with Gasteiger partial charge in [-0.1, -0.05) is 0 Å². The van der Waals surface area contributed by atoms with Crippen molar-refractivity contribution in [3.05, 3.63) is 61.9 Å². The number of nitrogens with zero attached hydrogens (tertiary/aromatic N) is 2. The van der Waals surface area contributed by atoms with Gasteiger partial charge in [0.1, 0.15) is 12.0 Å². The molecule has 0 saturated heterocycles. The standard InChI is InChI=1S/C14H9FN2O7/c1-23-9-5-10(15)14(17(21)22)13(6-9)24-12-3-2-8(7-18)4-11(12)16(19)20/h2-7H,1H3. The van der Waals surface area contributed by atoms with Gasteiger partial charge in [0.2, 0.25) is 17.3 Å². The molecule has 2 rings (SSSR count). The van der Waals surface area contributed by atoms with E-state index < -0.39 is 32.8 Å². The molecule has 2 aromatic carbocycles. The van der Waals surface area contributed by atoms with E-state index in [9.17, 15) is 29.4 Å². The van der Waals surface area contributed by atoms with Crippen molar-refractivity contribution < 1.29 is 28.5 Å². The molecule has 9 nitrogen and oxygen atoms in total. The summed E-state index contributed by atoms with van der Waals surface area (Å²) in [6.07, 6.45) is 0.393. The summed E-state index contributed by atoms with van der Waals surface area (Å²) in [6.45, 7) is 0. The molecule has 0 saturated carbocycles. The lowest BCUT2D eigenvalue weighted by atomic mass is 10.2. The van der Waals surface area contributed by atoms with Crippen LogP contribution in [0.2, 0.25) is 0 Å². The lowest BCUT2D eigenvalue weighted by molar-refractivity contribution is -0.389. The van der Waals surface area contributed by atoms with Crippen molar-refractivity contribution in [2.45, 2.75) is 0 Å². The number of benzene rings is 2. The van der Waals surface area contributed by atoms with E-state index >= 15 is 0 Å². The Bertz CT molecular complexity index is 838. The summed E-state index contributed by atoms with van der Waals surface area (Å²) in [5, 5.41) is 22.1. The van der Waals surface area contributed by atoms with Crippen molar-refractivity contribution >= 4 is 17.7 Å². The molecule has 0 N–H and O–H groups in total. The predicted octanol–water partition coefficient (Wildman–Crippen LogP) is 3.26. The predicted molar refractivity (Wildman–Crippen MR) is 78.2 cm³/mol. The number of ether oxygens (including phenoxy) is 2. The van der Waals surface area contributed by atoms with E-state index in [-0.39, 0.29) is 17.1 Å². The molecule has 0 aliphatic carbocycles. The summed E-state index contributed by atoms with van der Waals surface area (Å²) in [5.74, 6) is -2.25. The summed E-state index contributed by atoms with van der Waals surface area (Å²) in [4.78, 5) is 30.9. The van der Waals surface area contributed by atoms with Gasteiger partial charge in [-0.2, -0.15) is 4.39 Å². The van der Waals surface area contributed by atoms with Crippen molar-refractivity contribution in [2.75, 3.05) is 7.11 Å². The van der Waals surface area contributed by atoms with Gasteiger partial charge in [-0.25, -0.2) is 0 Å². The fraction of sp³-hybridized carbons (Fsp3) is 0.0714. The minimum absolute atomic E-state index is 0.0142. The zero-order chi connectivity index (χ0) is 17.9. The average Bonchev–Trinajstić information content (AvgIpc) is 2.54. The first-order chi connectivity index (χ1) is 11.4. The monoisotopic (exact) mass is 336 g/mol. The molecule has 0 bridgehead atoms. The second-order valence-corrected chi connectivity index (χ2v) is 4.42. The van der Waals surface area contributed by atoms with Gasteiger partial charge in [-0.15, -0.1) is 0 Å². The second kappa shape index (κ2) is 6.69. The molecule has 0 aromatic heterocycles. The highest BCUT2D eigenvalue weighted by molar-refractivity contribution is 5.77. The zero-order valence-corrected chi connectivity index (χ0v) is 12.1. The lowest BCUT2D eigenvalue weighted by Gasteiger charge is -2.09. The molecular formula is C14H9FN2O7. The molecule has 24 heavy (non-hydrogen) atoms. The van der Waals surface area contributed by atoms with Crippen LogP contribution in [0.25, 0.3) is 0 Å². The Morgan fingerprint density at radius 2 is 1.79 bits per heavy atom. The maximum absolute atomic E-state index is 13.8. The van der Waals surface area contributed by atoms with Crippen LogP contribution in [0, 0.1) is 26.0 Å². The fourth-order valence-corrected chi connectivity index (χ4v) is 1.88. The molecule has 0 radical (unpaired) electrons. The van der Waals surface area contributed by atoms with Gasteiger partial charge in [0, 0.05) is 23.8 Å². The van der Waals surface area contributed by atoms with Crippen LogP contribution in [0.4, 0.5) is 15.8 Å². The van der Waals surface area contributed by atoms with Crippen molar-refractivity contribution in [1.82, 2.24) is 0 Å². The Kier molecular flexibility index (Phi) is 4.68. The molecule has 0 fully saturated rings. The molecule has 124 valence electrons. The Hall–Kier alpha value is -3.56. The number of halogens is 1. The molecule has 0 amide bonds. The van der Waals surface area contributed by atoms with E-state index in [2.05, 4.69) is 0 Å². The summed E-state index contributed by atoms with van der Waals surface area (Å²) < 4.78 is 23.8. The Labute approximate surface area is 133 Å². The smallest absolute Gasteiger partial charge is 0.347 e. The third kappa shape index (κ3) is 3.27. The molecule has 0 unspecified atom stereocenters. The quantitative estimate of drug-likeness (QED) is 0.450. The minimum atomic E-state index is -1.22. The van der Waals surface area contributed by atoms with E-state index in [0.29, 0.717) is 6.29 Å². The van der Waals surface area contributed by atoms with Crippen LogP contribution in [0.1, 0.15) is 10.4 Å². The Morgan fingerprint density at radius 3 is 2.33 bits per heavy atom. The van der Waals surface area contributed by atoms with E-state index in [1.165, 1.54) is 13.2 Å². The van der Waals surface area contributed by atoms with E-state index in [4.69, 9.17) is 9.47 Å². The van der Waals surface area contributed by atoms with Crippen LogP contribution in [0.5, 0.6) is 17.2 Å². The maximum atomic E-state index is 13.8. The first-order valence-electron chi connectivity index (χ1n) is 6.30. The highest BCUT2D eigenvalue weighted by Gasteiger charge is 2.26. The molecule has 0 spiro atoms. The van der Waals surface area contributed by atoms with E-state index in [1.54, 1.807) is 0 Å². The van der Waals surface area contributed by atoms with Gasteiger partial charge in [0.25, 0.3) is 0 Å². The fourth-order valence-electron chi connectivity index (χ4n) is 1.88. The van der Waals surface area contributed by atoms with Gasteiger partial charge < -0.3 is 9.47 Å². The number of aldehydes is 1. The summed E-state index contributed by atoms with van der Waals surface area (Å²) in [6, 6.07) is 5.05. The van der Waals surface area contributed by atoms with Crippen LogP contribution in [0.3, 0.4) is 0 Å². The number of carbonyl (C=O) groups excluding carboxylic acids is 1. The third-order valence-electron chi connectivity index (χ3n) is 2.96. The summed E-state index contributed by atoms with van der Waals surface area (Å²) >= 11 is 0. The number of hydrogen-bond donors (Lipinski definition) is 0. The summed E-state index contributed by atoms with van der Waals surface area (Å²) in [5.41, 5.74) is -1.58. The van der Waals surface area contributed by atoms with E-state index in [1.807, 2.05) is 0 Å². The van der Waals surface area contributed by atoms with Gasteiger partial charge in [0.15, 0.2) is 0 Å². The highest BCUT2D eigenvalue weighted by atomic mass is 19.1. The van der Waals surface area contributed by atoms with Crippen LogP contribution < -0.4 is 9.47 Å². The minimum Gasteiger partial charge on any atom is -0.497 e. The number of nitro groups is 2. The van der Waals surface area contributed by atoms with Crippen molar-refractivity contribution in [3.8, 4) is 17.2 Å². The van der Waals surface area contributed by atoms with Crippen LogP contribution in [-0.4, -0.2) is 23.2 Å². The van der Waals surface area contributed by atoms with E-state index in [0.717, 1.165) is 24.3 Å². The van der Waals surface area contributed by atoms with Crippen LogP contribution in [0.15, 0.2) is 30.3 Å². The summed E-state index contributed by atoms with van der Waals surface area (Å²) in [7, 11) is 1.21. The van der Waals surface area contributed by atoms with Crippen LogP contribution >= 0.6 is 0 Å². The van der Waals surface area contributed by atoms with Gasteiger partial charge >= 0.3 is 11.4 Å². The van der Waals surface area contributed by atoms with Crippen molar-refractivity contribution in [3.63, 3.8) is 0 Å². The van der Waals surface area contributed by atoms with Gasteiger partial charge in [-0.3, -0.25) is 25.0 Å². The van der Waals surface area contributed by atoms with Gasteiger partial charge in [-0.05, 0) is 12.1 Å². The number of methoxy groups -OCH3 is 1. The zero-order valence-electron chi connectivity index (χ0n) is 12.1. The Morgan fingerprint density at radius 1 is 1.08 bits per heavy atom. The molecule has 2 aromatic rings. The first-order valence-corrected chi connectivity index (χ1v) is 6.30. The number of nitro benzene ring substituents is 2. The molecule has 0 aliphatic heterocycles. The maximum Gasteiger partial charge on any atom is 0.347 e. The Balaban J connectivity index is 2.59. The SMILES string of the molecule is COc1cc(F)c([N+](=O)[O-])c(Oc2ccc(C=O)cc2[N+](=O)[O-])c1. The molecule has 0 atom stereocenters. The number of rotatable bonds is 6. The topological polar surface area (TPSA) is 122 Å². The molecular weight excluding hydrogens is 327 g/mol. The molecule has 0 aliphatic rings. The normalized spacial score (nSPS) is 10.1. The molecule has 10 heteroatoms. The van der Waals surface area contributed by atoms with Gasteiger partial charge in [0.05, 0.1) is 17.0 Å². The van der Waals surface area contributed by atoms with Crippen molar-refractivity contribution in [2.24, 2.45) is 0 Å². The highest BCUT2D eigenvalue weighted by Crippen LogP contribution is 2.40. The second-order valence-electron chi connectivity index (χ2n) is 4.42. The van der Waals surface area contributed by atoms with Crippen molar-refractivity contribution in [1.29, 1.82) is 0 Å². The number of hydrogen-bond acceptors (Lipinski definition) is 7. The third-order valence-corrected chi connectivity index (χ3v) is 2.96. The molecule has 0 heterocycles. The first kappa shape index (κ1) is 16.8. The average molecular weight is 336 g/mol.